The average molecular weight is 600 g/mol. The lowest BCUT2D eigenvalue weighted by Gasteiger charge is -2.38. The molecular weight excluding hydrogens is 572 g/mol. The Labute approximate surface area is 249 Å². The molecule has 4 heterocycles. The van der Waals surface area contributed by atoms with Gasteiger partial charge in [-0.15, -0.1) is 10.2 Å². The number of hydrogen-bond acceptors (Lipinski definition) is 9. The first kappa shape index (κ1) is 27.7. The Hall–Kier alpha value is -5.11. The van der Waals surface area contributed by atoms with Crippen LogP contribution < -0.4 is 5.32 Å². The summed E-state index contributed by atoms with van der Waals surface area (Å²) < 4.78 is 32.3. The third-order valence-electron chi connectivity index (χ3n) is 7.77. The summed E-state index contributed by atoms with van der Waals surface area (Å²) in [5, 5.41) is 14.3. The minimum absolute atomic E-state index is 0.0120. The minimum atomic E-state index is -2.89. The number of aromatic nitrogens is 6. The van der Waals surface area contributed by atoms with Gasteiger partial charge in [-0.05, 0) is 54.0 Å². The van der Waals surface area contributed by atoms with Crippen LogP contribution >= 0.6 is 0 Å². The van der Waals surface area contributed by atoms with Crippen molar-refractivity contribution in [1.82, 2.24) is 40.0 Å². The Morgan fingerprint density at radius 1 is 0.977 bits per heavy atom. The molecule has 1 aliphatic carbocycles. The molecule has 1 N–H and O–H groups in total. The van der Waals surface area contributed by atoms with Crippen LogP contribution in [0.3, 0.4) is 0 Å². The standard InChI is InChI=1S/C30H27F2N9O3/c31-30(32)41-37-26(36-38-41)25(18-4-2-1-3-5-18)39-12-14-40(15-13-39)29(43)23-16-20(10-11-33-23)28-35-22-17-21(8-9-24(22)44-28)34-27(42)19-6-7-19/h1-5,8-11,16-17,19,25,30H,6-7,12-15H2,(H,34,42)/t25-/m0/s1. The van der Waals surface area contributed by atoms with Crippen LogP contribution in [-0.4, -0.2) is 78.0 Å². The van der Waals surface area contributed by atoms with E-state index in [0.29, 0.717) is 59.2 Å². The fourth-order valence-corrected chi connectivity index (χ4v) is 5.33. The number of rotatable bonds is 8. The van der Waals surface area contributed by atoms with Crippen LogP contribution in [0.25, 0.3) is 22.6 Å². The van der Waals surface area contributed by atoms with Crippen LogP contribution in [-0.2, 0) is 4.79 Å². The van der Waals surface area contributed by atoms with Crippen LogP contribution in [0.15, 0.2) is 71.3 Å². The Balaban J connectivity index is 1.05. The van der Waals surface area contributed by atoms with Crippen molar-refractivity contribution in [2.45, 2.75) is 25.4 Å². The molecule has 3 aromatic heterocycles. The maximum atomic E-state index is 13.5. The molecule has 5 aromatic rings. The molecule has 2 aliphatic rings. The Kier molecular flexibility index (Phi) is 7.26. The summed E-state index contributed by atoms with van der Waals surface area (Å²) in [5.74, 6) is 0.360. The second-order valence-electron chi connectivity index (χ2n) is 10.8. The molecule has 2 fully saturated rings. The number of pyridine rings is 1. The molecule has 0 bridgehead atoms. The number of anilines is 1. The molecule has 7 rings (SSSR count). The van der Waals surface area contributed by atoms with E-state index in [0.717, 1.165) is 18.4 Å². The molecule has 12 nitrogen and oxygen atoms in total. The van der Waals surface area contributed by atoms with E-state index in [1.165, 1.54) is 0 Å². The summed E-state index contributed by atoms with van der Waals surface area (Å²) in [6.45, 7) is -1.21. The fourth-order valence-electron chi connectivity index (χ4n) is 5.33. The zero-order chi connectivity index (χ0) is 30.2. The lowest BCUT2D eigenvalue weighted by molar-refractivity contribution is -0.117. The van der Waals surface area contributed by atoms with E-state index < -0.39 is 12.6 Å². The van der Waals surface area contributed by atoms with Crippen molar-refractivity contribution in [2.75, 3.05) is 31.5 Å². The first-order valence-corrected chi connectivity index (χ1v) is 14.3. The van der Waals surface area contributed by atoms with Crippen molar-refractivity contribution in [1.29, 1.82) is 0 Å². The number of nitrogens with zero attached hydrogens (tertiary/aromatic N) is 8. The fraction of sp³-hybridized carbons (Fsp3) is 0.300. The first-order chi connectivity index (χ1) is 21.4. The van der Waals surface area contributed by atoms with Gasteiger partial charge in [0, 0.05) is 49.5 Å². The highest BCUT2D eigenvalue weighted by Crippen LogP contribution is 2.32. The second kappa shape index (κ2) is 11.5. The van der Waals surface area contributed by atoms with Crippen molar-refractivity contribution in [2.24, 2.45) is 5.92 Å². The molecule has 44 heavy (non-hydrogen) atoms. The molecule has 1 saturated heterocycles. The van der Waals surface area contributed by atoms with Crippen LogP contribution in [0.5, 0.6) is 0 Å². The van der Waals surface area contributed by atoms with Crippen molar-refractivity contribution < 1.29 is 22.8 Å². The van der Waals surface area contributed by atoms with Crippen LogP contribution in [0, 0.1) is 5.92 Å². The maximum absolute atomic E-state index is 13.5. The number of fused-ring (bicyclic) bond motifs is 1. The molecule has 1 atom stereocenters. The van der Waals surface area contributed by atoms with Crippen molar-refractivity contribution in [3.63, 3.8) is 0 Å². The third-order valence-corrected chi connectivity index (χ3v) is 7.77. The molecule has 2 amide bonds. The minimum Gasteiger partial charge on any atom is -0.436 e. The van der Waals surface area contributed by atoms with Gasteiger partial charge in [0.15, 0.2) is 11.4 Å². The number of hydrogen-bond donors (Lipinski definition) is 1. The van der Waals surface area contributed by atoms with Crippen molar-refractivity contribution in [3.8, 4) is 11.5 Å². The summed E-state index contributed by atoms with van der Waals surface area (Å²) in [6, 6.07) is 17.5. The average Bonchev–Trinajstić information content (AvgIpc) is 3.64. The number of halogens is 2. The summed E-state index contributed by atoms with van der Waals surface area (Å²) >= 11 is 0. The number of piperazine rings is 1. The number of amides is 2. The normalized spacial score (nSPS) is 16.4. The summed E-state index contributed by atoms with van der Waals surface area (Å²) in [4.78, 5) is 38.6. The summed E-state index contributed by atoms with van der Waals surface area (Å²) in [7, 11) is 0. The van der Waals surface area contributed by atoms with Gasteiger partial charge in [0.25, 0.3) is 5.91 Å². The zero-order valence-electron chi connectivity index (χ0n) is 23.4. The van der Waals surface area contributed by atoms with Gasteiger partial charge in [0.05, 0.1) is 6.04 Å². The third kappa shape index (κ3) is 5.63. The first-order valence-electron chi connectivity index (χ1n) is 14.3. The molecule has 1 aliphatic heterocycles. The van der Waals surface area contributed by atoms with Crippen molar-refractivity contribution in [3.05, 3.63) is 83.9 Å². The molecular formula is C30H27F2N9O3. The number of nitrogens with one attached hydrogen (secondary N) is 1. The number of benzene rings is 2. The zero-order valence-corrected chi connectivity index (χ0v) is 23.4. The number of alkyl halides is 2. The highest BCUT2D eigenvalue weighted by atomic mass is 19.3. The largest absolute Gasteiger partial charge is 0.436 e. The van der Waals surface area contributed by atoms with Gasteiger partial charge in [-0.2, -0.15) is 8.78 Å². The van der Waals surface area contributed by atoms with Gasteiger partial charge in [-0.3, -0.25) is 19.5 Å². The van der Waals surface area contributed by atoms with Crippen LogP contribution in [0.4, 0.5) is 14.5 Å². The predicted molar refractivity (Wildman–Crippen MR) is 153 cm³/mol. The van der Waals surface area contributed by atoms with Crippen LogP contribution in [0.2, 0.25) is 0 Å². The Morgan fingerprint density at radius 2 is 1.77 bits per heavy atom. The van der Waals surface area contributed by atoms with E-state index in [-0.39, 0.29) is 29.3 Å². The predicted octanol–water partition coefficient (Wildman–Crippen LogP) is 4.17. The van der Waals surface area contributed by atoms with Gasteiger partial charge >= 0.3 is 6.55 Å². The molecule has 14 heteroatoms. The Bertz CT molecular complexity index is 1810. The molecule has 224 valence electrons. The highest BCUT2D eigenvalue weighted by Gasteiger charge is 2.32. The summed E-state index contributed by atoms with van der Waals surface area (Å²) in [6.07, 6.45) is 3.37. The highest BCUT2D eigenvalue weighted by molar-refractivity contribution is 5.96. The number of oxazole rings is 1. The molecule has 2 aromatic carbocycles. The lowest BCUT2D eigenvalue weighted by Crippen LogP contribution is -2.50. The van der Waals surface area contributed by atoms with E-state index in [1.807, 2.05) is 30.3 Å². The van der Waals surface area contributed by atoms with Gasteiger partial charge in [-0.1, -0.05) is 35.1 Å². The van der Waals surface area contributed by atoms with Crippen LogP contribution in [0.1, 0.15) is 47.3 Å². The SMILES string of the molecule is O=C(Nc1ccc2oc(-c3ccnc(C(=O)N4CCN([C@@H](c5ccccc5)c5nnn(C(F)F)n5)CC4)c3)nc2c1)C1CC1. The van der Waals surface area contributed by atoms with E-state index in [1.54, 1.807) is 41.4 Å². The van der Waals surface area contributed by atoms with Crippen molar-refractivity contribution >= 4 is 28.6 Å². The monoisotopic (exact) mass is 599 g/mol. The Morgan fingerprint density at radius 3 is 2.50 bits per heavy atom. The quantitative estimate of drug-likeness (QED) is 0.279. The topological polar surface area (TPSA) is 135 Å². The van der Waals surface area contributed by atoms with E-state index in [9.17, 15) is 18.4 Å². The summed E-state index contributed by atoms with van der Waals surface area (Å²) in [5.41, 5.74) is 3.48. The number of carbonyl (C=O) groups is 2. The van der Waals surface area contributed by atoms with Gasteiger partial charge in [0.2, 0.25) is 11.8 Å². The molecule has 0 spiro atoms. The van der Waals surface area contributed by atoms with Gasteiger partial charge in [-0.25, -0.2) is 4.98 Å². The second-order valence-corrected chi connectivity index (χ2v) is 10.8. The number of carbonyl (C=O) groups excluding carboxylic acids is 2. The molecule has 0 radical (unpaired) electrons. The van der Waals surface area contributed by atoms with Gasteiger partial charge in [0.1, 0.15) is 11.2 Å². The van der Waals surface area contributed by atoms with E-state index >= 15 is 0 Å². The smallest absolute Gasteiger partial charge is 0.350 e. The molecule has 0 unspecified atom stereocenters. The van der Waals surface area contributed by atoms with E-state index in [4.69, 9.17) is 4.42 Å². The molecule has 1 saturated carbocycles. The number of tetrazole rings is 1. The lowest BCUT2D eigenvalue weighted by atomic mass is 10.0. The maximum Gasteiger partial charge on any atom is 0.350 e. The van der Waals surface area contributed by atoms with E-state index in [2.05, 4.69) is 35.6 Å². The van der Waals surface area contributed by atoms with Gasteiger partial charge < -0.3 is 14.6 Å².